The van der Waals surface area contributed by atoms with Crippen LogP contribution in [-0.2, 0) is 11.3 Å². The lowest BCUT2D eigenvalue weighted by molar-refractivity contribution is 0.0700. The van der Waals surface area contributed by atoms with Gasteiger partial charge in [0.25, 0.3) is 5.91 Å². The van der Waals surface area contributed by atoms with E-state index in [9.17, 15) is 14.7 Å². The van der Waals surface area contributed by atoms with Gasteiger partial charge in [-0.2, -0.15) is 0 Å². The van der Waals surface area contributed by atoms with E-state index in [1.807, 2.05) is 18.2 Å². The minimum absolute atomic E-state index is 0.00832. The molecule has 7 nitrogen and oxygen atoms in total. The molecule has 0 bridgehead atoms. The van der Waals surface area contributed by atoms with Gasteiger partial charge in [-0.05, 0) is 31.0 Å². The van der Waals surface area contributed by atoms with Crippen LogP contribution in [0.2, 0.25) is 0 Å². The first kappa shape index (κ1) is 20.1. The number of hydrogen-bond donors (Lipinski definition) is 1. The fraction of sp³-hybridized carbons (Fsp3) is 0.429. The Bertz CT molecular complexity index is 885. The normalized spacial score (nSPS) is 16.2. The van der Waals surface area contributed by atoms with Crippen LogP contribution in [0.5, 0.6) is 5.75 Å². The average molecular weight is 387 g/mol. The Labute approximate surface area is 163 Å². The van der Waals surface area contributed by atoms with Gasteiger partial charge >= 0.3 is 5.63 Å². The average Bonchev–Trinajstić information content (AvgIpc) is 3.22. The summed E-state index contributed by atoms with van der Waals surface area (Å²) in [7, 11) is 1.56. The maximum atomic E-state index is 13.1. The molecule has 1 saturated heterocycles. The minimum Gasteiger partial charge on any atom is -0.496 e. The molecule has 2 aromatic rings. The van der Waals surface area contributed by atoms with Crippen molar-refractivity contribution in [2.24, 2.45) is 0 Å². The van der Waals surface area contributed by atoms with Crippen LogP contribution < -0.4 is 10.4 Å². The monoisotopic (exact) mass is 387 g/mol. The van der Waals surface area contributed by atoms with Crippen LogP contribution in [0.1, 0.15) is 39.6 Å². The zero-order valence-electron chi connectivity index (χ0n) is 16.1. The van der Waals surface area contributed by atoms with Crippen LogP contribution in [0.3, 0.4) is 0 Å². The number of aliphatic hydroxyl groups excluding tert-OH is 1. The summed E-state index contributed by atoms with van der Waals surface area (Å²) in [6.07, 6.45) is 0.792. The molecule has 150 valence electrons. The Balaban J connectivity index is 1.89. The van der Waals surface area contributed by atoms with Crippen molar-refractivity contribution in [2.45, 2.75) is 25.8 Å². The Morgan fingerprint density at radius 1 is 1.36 bits per heavy atom. The number of nitrogens with zero attached hydrogens (tertiary/aromatic N) is 1. The van der Waals surface area contributed by atoms with Crippen LogP contribution in [0.25, 0.3) is 0 Å². The van der Waals surface area contributed by atoms with Crippen molar-refractivity contribution in [3.63, 3.8) is 0 Å². The molecule has 3 rings (SSSR count). The van der Waals surface area contributed by atoms with E-state index < -0.39 is 11.5 Å². The summed E-state index contributed by atoms with van der Waals surface area (Å²) in [6.45, 7) is 2.96. The van der Waals surface area contributed by atoms with Gasteiger partial charge in [0.1, 0.15) is 17.1 Å². The van der Waals surface area contributed by atoms with Gasteiger partial charge in [0.05, 0.1) is 20.3 Å². The van der Waals surface area contributed by atoms with Crippen LogP contribution in [0, 0.1) is 6.92 Å². The summed E-state index contributed by atoms with van der Waals surface area (Å²) < 4.78 is 16.1. The third-order valence-corrected chi connectivity index (χ3v) is 4.92. The van der Waals surface area contributed by atoms with Gasteiger partial charge < -0.3 is 23.9 Å². The first-order valence-corrected chi connectivity index (χ1v) is 9.29. The van der Waals surface area contributed by atoms with Gasteiger partial charge in [-0.25, -0.2) is 4.79 Å². The molecule has 7 heteroatoms. The van der Waals surface area contributed by atoms with Crippen molar-refractivity contribution in [1.82, 2.24) is 4.90 Å². The second-order valence-electron chi connectivity index (χ2n) is 6.82. The highest BCUT2D eigenvalue weighted by atomic mass is 16.5. The van der Waals surface area contributed by atoms with Crippen molar-refractivity contribution < 1.29 is 23.8 Å². The van der Waals surface area contributed by atoms with Gasteiger partial charge in [0, 0.05) is 31.2 Å². The van der Waals surface area contributed by atoms with Gasteiger partial charge in [0.15, 0.2) is 0 Å². The molecule has 1 aliphatic rings. The molecule has 1 aliphatic heterocycles. The first-order chi connectivity index (χ1) is 13.5. The van der Waals surface area contributed by atoms with Crippen LogP contribution >= 0.6 is 0 Å². The lowest BCUT2D eigenvalue weighted by Crippen LogP contribution is -2.36. The van der Waals surface area contributed by atoms with Gasteiger partial charge in [-0.3, -0.25) is 4.79 Å². The number of carbonyl (C=O) groups is 1. The largest absolute Gasteiger partial charge is 0.496 e. The Hall–Kier alpha value is -2.64. The van der Waals surface area contributed by atoms with Crippen molar-refractivity contribution in [3.8, 4) is 5.75 Å². The molecule has 0 saturated carbocycles. The van der Waals surface area contributed by atoms with Gasteiger partial charge in [-0.15, -0.1) is 0 Å². The van der Waals surface area contributed by atoms with E-state index in [2.05, 4.69) is 0 Å². The minimum atomic E-state index is -0.658. The fourth-order valence-corrected chi connectivity index (χ4v) is 3.42. The summed E-state index contributed by atoms with van der Waals surface area (Å²) in [6, 6.07) is 9.07. The second-order valence-corrected chi connectivity index (χ2v) is 6.82. The first-order valence-electron chi connectivity index (χ1n) is 9.29. The van der Waals surface area contributed by atoms with E-state index in [4.69, 9.17) is 13.9 Å². The highest BCUT2D eigenvalue weighted by Gasteiger charge is 2.26. The molecule has 1 aromatic carbocycles. The van der Waals surface area contributed by atoms with Crippen LogP contribution in [0.15, 0.2) is 39.5 Å². The standard InChI is InChI=1S/C21H25NO6/c1-14-11-18(16-7-10-27-13-16)28-21(25)19(14)20(24)22(8-9-23)12-15-5-3-4-6-17(15)26-2/h3-6,11,16,23H,7-10,12-13H2,1-2H3. The summed E-state index contributed by atoms with van der Waals surface area (Å²) in [5.74, 6) is 0.756. The van der Waals surface area contributed by atoms with Crippen molar-refractivity contribution in [2.75, 3.05) is 33.5 Å². The topological polar surface area (TPSA) is 89.2 Å². The number of amides is 1. The number of benzene rings is 1. The summed E-state index contributed by atoms with van der Waals surface area (Å²) >= 11 is 0. The Kier molecular flexibility index (Phi) is 6.49. The predicted octanol–water partition coefficient (Wildman–Crippen LogP) is 2.10. The highest BCUT2D eigenvalue weighted by molar-refractivity contribution is 5.95. The highest BCUT2D eigenvalue weighted by Crippen LogP contribution is 2.26. The van der Waals surface area contributed by atoms with E-state index in [0.29, 0.717) is 30.3 Å². The number of aryl methyl sites for hydroxylation is 1. The maximum Gasteiger partial charge on any atom is 0.349 e. The summed E-state index contributed by atoms with van der Waals surface area (Å²) in [5.41, 5.74) is 0.681. The molecular formula is C21H25NO6. The zero-order valence-corrected chi connectivity index (χ0v) is 16.1. The van der Waals surface area contributed by atoms with E-state index in [0.717, 1.165) is 12.0 Å². The molecular weight excluding hydrogens is 362 g/mol. The maximum absolute atomic E-state index is 13.1. The number of ether oxygens (including phenoxy) is 2. The molecule has 1 atom stereocenters. The molecule has 1 amide bonds. The van der Waals surface area contributed by atoms with Gasteiger partial charge in [-0.1, -0.05) is 18.2 Å². The van der Waals surface area contributed by atoms with E-state index >= 15 is 0 Å². The van der Waals surface area contributed by atoms with E-state index in [1.165, 1.54) is 4.90 Å². The molecule has 1 aromatic heterocycles. The summed E-state index contributed by atoms with van der Waals surface area (Å²) in [5, 5.41) is 9.42. The zero-order chi connectivity index (χ0) is 20.1. The van der Waals surface area contributed by atoms with Crippen LogP contribution in [-0.4, -0.2) is 49.4 Å². The van der Waals surface area contributed by atoms with E-state index in [-0.39, 0.29) is 31.2 Å². The number of para-hydroxylation sites is 1. The molecule has 28 heavy (non-hydrogen) atoms. The van der Waals surface area contributed by atoms with Crippen molar-refractivity contribution >= 4 is 5.91 Å². The van der Waals surface area contributed by atoms with Crippen LogP contribution in [0.4, 0.5) is 0 Å². The number of rotatable bonds is 7. The second kappa shape index (κ2) is 9.03. The molecule has 1 unspecified atom stereocenters. The Morgan fingerprint density at radius 3 is 2.79 bits per heavy atom. The smallest absolute Gasteiger partial charge is 0.349 e. The van der Waals surface area contributed by atoms with E-state index in [1.54, 1.807) is 26.2 Å². The van der Waals surface area contributed by atoms with Crippen molar-refractivity contribution in [3.05, 3.63) is 63.2 Å². The molecule has 0 radical (unpaired) electrons. The predicted molar refractivity (Wildman–Crippen MR) is 103 cm³/mol. The molecule has 1 N–H and O–H groups in total. The van der Waals surface area contributed by atoms with Gasteiger partial charge in [0.2, 0.25) is 0 Å². The number of methoxy groups -OCH3 is 1. The molecule has 2 heterocycles. The Morgan fingerprint density at radius 2 is 2.14 bits per heavy atom. The molecule has 1 fully saturated rings. The SMILES string of the molecule is COc1ccccc1CN(CCO)C(=O)c1c(C)cc(C2CCOC2)oc1=O. The fourth-order valence-electron chi connectivity index (χ4n) is 3.42. The third-order valence-electron chi connectivity index (χ3n) is 4.92. The summed E-state index contributed by atoms with van der Waals surface area (Å²) in [4.78, 5) is 27.1. The number of hydrogen-bond acceptors (Lipinski definition) is 6. The quantitative estimate of drug-likeness (QED) is 0.783. The van der Waals surface area contributed by atoms with Crippen molar-refractivity contribution in [1.29, 1.82) is 0 Å². The lowest BCUT2D eigenvalue weighted by Gasteiger charge is -2.23. The number of carbonyl (C=O) groups excluding carboxylic acids is 1. The third kappa shape index (κ3) is 4.26. The molecule has 0 spiro atoms. The molecule has 0 aliphatic carbocycles. The number of aliphatic hydroxyl groups is 1. The lowest BCUT2D eigenvalue weighted by atomic mass is 10.0.